The quantitative estimate of drug-likeness (QED) is 0.891. The monoisotopic (exact) mass is 262 g/mol. The van der Waals surface area contributed by atoms with E-state index in [9.17, 15) is 4.79 Å². The van der Waals surface area contributed by atoms with Crippen LogP contribution < -0.4 is 10.2 Å². The Labute approximate surface area is 114 Å². The zero-order chi connectivity index (χ0) is 13.8. The number of carbonyl (C=O) groups is 1. The minimum Gasteiger partial charge on any atom is -0.354 e. The van der Waals surface area contributed by atoms with Gasteiger partial charge in [0.15, 0.2) is 0 Å². The number of carbonyl (C=O) groups excluding carboxylic acids is 1. The summed E-state index contributed by atoms with van der Waals surface area (Å²) in [4.78, 5) is 21.9. The molecule has 1 atom stereocenters. The summed E-state index contributed by atoms with van der Waals surface area (Å²) in [5, 5.41) is 2.96. The summed E-state index contributed by atoms with van der Waals surface area (Å²) in [6, 6.07) is 2.30. The van der Waals surface area contributed by atoms with Crippen LogP contribution in [0.5, 0.6) is 0 Å². The number of amides is 1. The van der Waals surface area contributed by atoms with Gasteiger partial charge in [-0.05, 0) is 18.8 Å². The lowest BCUT2D eigenvalue weighted by molar-refractivity contribution is -0.119. The summed E-state index contributed by atoms with van der Waals surface area (Å²) in [5.74, 6) is 1.60. The molecule has 0 radical (unpaired) electrons. The van der Waals surface area contributed by atoms with Crippen LogP contribution in [0.25, 0.3) is 0 Å². The summed E-state index contributed by atoms with van der Waals surface area (Å²) in [6.45, 7) is 7.70. The second-order valence-corrected chi connectivity index (χ2v) is 5.60. The topological polar surface area (TPSA) is 58.1 Å². The molecule has 1 saturated heterocycles. The SMILES string of the molecule is CC(=O)NC1CCN(c2cc(CC(C)C)ncn2)C1. The maximum Gasteiger partial charge on any atom is 0.217 e. The van der Waals surface area contributed by atoms with Gasteiger partial charge in [0.1, 0.15) is 12.1 Å². The fraction of sp³-hybridized carbons (Fsp3) is 0.643. The number of anilines is 1. The maximum absolute atomic E-state index is 11.1. The van der Waals surface area contributed by atoms with Gasteiger partial charge < -0.3 is 10.2 Å². The van der Waals surface area contributed by atoms with Crippen LogP contribution in [0.1, 0.15) is 32.9 Å². The smallest absolute Gasteiger partial charge is 0.217 e. The molecule has 0 aromatic carbocycles. The van der Waals surface area contributed by atoms with Crippen LogP contribution in [0.3, 0.4) is 0 Å². The molecule has 1 fully saturated rings. The van der Waals surface area contributed by atoms with Crippen LogP contribution in [0.4, 0.5) is 5.82 Å². The maximum atomic E-state index is 11.1. The van der Waals surface area contributed by atoms with Crippen LogP contribution in [0, 0.1) is 5.92 Å². The van der Waals surface area contributed by atoms with E-state index in [0.717, 1.165) is 37.4 Å². The molecule has 1 aromatic heterocycles. The molecule has 2 rings (SSSR count). The number of hydrogen-bond donors (Lipinski definition) is 1. The molecule has 5 nitrogen and oxygen atoms in total. The zero-order valence-electron chi connectivity index (χ0n) is 11.9. The molecule has 5 heteroatoms. The predicted octanol–water partition coefficient (Wildman–Crippen LogP) is 1.39. The number of hydrogen-bond acceptors (Lipinski definition) is 4. The van der Waals surface area contributed by atoms with Crippen LogP contribution >= 0.6 is 0 Å². The summed E-state index contributed by atoms with van der Waals surface area (Å²) in [7, 11) is 0. The standard InChI is InChI=1S/C14H22N4O/c1-10(2)6-13-7-14(16-9-15-13)18-5-4-12(8-18)17-11(3)19/h7,9-10,12H,4-6,8H2,1-3H3,(H,17,19). The van der Waals surface area contributed by atoms with Gasteiger partial charge in [-0.3, -0.25) is 4.79 Å². The Morgan fingerprint density at radius 1 is 1.53 bits per heavy atom. The molecular weight excluding hydrogens is 240 g/mol. The van der Waals surface area contributed by atoms with Crippen LogP contribution in [-0.2, 0) is 11.2 Å². The predicted molar refractivity (Wildman–Crippen MR) is 75.0 cm³/mol. The molecular formula is C14H22N4O. The van der Waals surface area contributed by atoms with Gasteiger partial charge in [0, 0.05) is 37.8 Å². The fourth-order valence-corrected chi connectivity index (χ4v) is 2.46. The van der Waals surface area contributed by atoms with Gasteiger partial charge in [-0.15, -0.1) is 0 Å². The van der Waals surface area contributed by atoms with E-state index in [1.807, 2.05) is 0 Å². The van der Waals surface area contributed by atoms with Gasteiger partial charge >= 0.3 is 0 Å². The van der Waals surface area contributed by atoms with Crippen LogP contribution in [0.2, 0.25) is 0 Å². The highest BCUT2D eigenvalue weighted by molar-refractivity contribution is 5.73. The van der Waals surface area contributed by atoms with E-state index in [-0.39, 0.29) is 11.9 Å². The van der Waals surface area contributed by atoms with E-state index in [1.165, 1.54) is 0 Å². The van der Waals surface area contributed by atoms with Crippen molar-refractivity contribution in [1.82, 2.24) is 15.3 Å². The Morgan fingerprint density at radius 2 is 2.32 bits per heavy atom. The van der Waals surface area contributed by atoms with Crippen molar-refractivity contribution in [3.8, 4) is 0 Å². The molecule has 1 unspecified atom stereocenters. The van der Waals surface area contributed by atoms with E-state index in [0.29, 0.717) is 5.92 Å². The largest absolute Gasteiger partial charge is 0.354 e. The molecule has 2 heterocycles. The fourth-order valence-electron chi connectivity index (χ4n) is 2.46. The highest BCUT2D eigenvalue weighted by Gasteiger charge is 2.24. The van der Waals surface area contributed by atoms with E-state index in [1.54, 1.807) is 13.3 Å². The number of nitrogens with zero attached hydrogens (tertiary/aromatic N) is 3. The molecule has 104 valence electrons. The number of aromatic nitrogens is 2. The molecule has 1 aromatic rings. The van der Waals surface area contributed by atoms with Crippen molar-refractivity contribution in [2.75, 3.05) is 18.0 Å². The molecule has 1 aliphatic rings. The molecule has 0 saturated carbocycles. The lowest BCUT2D eigenvalue weighted by Gasteiger charge is -2.18. The third kappa shape index (κ3) is 3.91. The van der Waals surface area contributed by atoms with Crippen molar-refractivity contribution < 1.29 is 4.79 Å². The average molecular weight is 262 g/mol. The van der Waals surface area contributed by atoms with E-state index < -0.39 is 0 Å². The lowest BCUT2D eigenvalue weighted by atomic mass is 10.1. The molecule has 0 spiro atoms. The van der Waals surface area contributed by atoms with Crippen molar-refractivity contribution >= 4 is 11.7 Å². The van der Waals surface area contributed by atoms with E-state index >= 15 is 0 Å². The first-order chi connectivity index (χ1) is 9.04. The van der Waals surface area contributed by atoms with Crippen molar-refractivity contribution in [3.63, 3.8) is 0 Å². The van der Waals surface area contributed by atoms with Gasteiger partial charge in [-0.1, -0.05) is 13.8 Å². The third-order valence-corrected chi connectivity index (χ3v) is 3.25. The Kier molecular flexibility index (Phi) is 4.35. The first kappa shape index (κ1) is 13.8. The van der Waals surface area contributed by atoms with E-state index in [2.05, 4.69) is 40.1 Å². The van der Waals surface area contributed by atoms with Crippen molar-refractivity contribution in [1.29, 1.82) is 0 Å². The van der Waals surface area contributed by atoms with Gasteiger partial charge in [0.05, 0.1) is 0 Å². The van der Waals surface area contributed by atoms with Gasteiger partial charge in [-0.25, -0.2) is 9.97 Å². The molecule has 0 bridgehead atoms. The van der Waals surface area contributed by atoms with Gasteiger partial charge in [0.2, 0.25) is 5.91 Å². The normalized spacial score (nSPS) is 18.9. The molecule has 1 amide bonds. The van der Waals surface area contributed by atoms with Crippen molar-refractivity contribution in [2.24, 2.45) is 5.92 Å². The van der Waals surface area contributed by atoms with Crippen LogP contribution in [-0.4, -0.2) is 35.0 Å². The Hall–Kier alpha value is -1.65. The Balaban J connectivity index is 2.00. The summed E-state index contributed by atoms with van der Waals surface area (Å²) in [5.41, 5.74) is 1.09. The van der Waals surface area contributed by atoms with Gasteiger partial charge in [-0.2, -0.15) is 0 Å². The molecule has 1 N–H and O–H groups in total. The average Bonchev–Trinajstić information content (AvgIpc) is 2.76. The van der Waals surface area contributed by atoms with Gasteiger partial charge in [0.25, 0.3) is 0 Å². The minimum atomic E-state index is 0.0371. The lowest BCUT2D eigenvalue weighted by Crippen LogP contribution is -2.35. The van der Waals surface area contributed by atoms with E-state index in [4.69, 9.17) is 0 Å². The van der Waals surface area contributed by atoms with Crippen molar-refractivity contribution in [2.45, 2.75) is 39.7 Å². The molecule has 0 aliphatic carbocycles. The van der Waals surface area contributed by atoms with Crippen molar-refractivity contribution in [3.05, 3.63) is 18.1 Å². The number of rotatable bonds is 4. The molecule has 1 aliphatic heterocycles. The first-order valence-corrected chi connectivity index (χ1v) is 6.87. The minimum absolute atomic E-state index is 0.0371. The highest BCUT2D eigenvalue weighted by atomic mass is 16.1. The molecule has 19 heavy (non-hydrogen) atoms. The zero-order valence-corrected chi connectivity index (χ0v) is 11.9. The first-order valence-electron chi connectivity index (χ1n) is 6.87. The summed E-state index contributed by atoms with van der Waals surface area (Å²) >= 11 is 0. The second-order valence-electron chi connectivity index (χ2n) is 5.60. The van der Waals surface area contributed by atoms with Crippen LogP contribution in [0.15, 0.2) is 12.4 Å². The Morgan fingerprint density at radius 3 is 3.00 bits per heavy atom. The third-order valence-electron chi connectivity index (χ3n) is 3.25. The Bertz CT molecular complexity index is 447. The summed E-state index contributed by atoms with van der Waals surface area (Å²) < 4.78 is 0. The second kappa shape index (κ2) is 5.99. The highest BCUT2D eigenvalue weighted by Crippen LogP contribution is 2.19. The summed E-state index contributed by atoms with van der Waals surface area (Å²) in [6.07, 6.45) is 3.58. The number of nitrogens with one attached hydrogen (secondary N) is 1.